The van der Waals surface area contributed by atoms with E-state index in [4.69, 9.17) is 0 Å². The van der Waals surface area contributed by atoms with Gasteiger partial charge in [-0.25, -0.2) is 13.4 Å². The molecule has 1 aromatic heterocycles. The number of aromatic nitrogens is 1. The minimum atomic E-state index is -5.73. The van der Waals surface area contributed by atoms with Crippen molar-refractivity contribution in [1.82, 2.24) is 4.98 Å². The molecule has 13 heteroatoms. The second-order valence-electron chi connectivity index (χ2n) is 6.85. The number of carbonyl (C=O) groups is 1. The van der Waals surface area contributed by atoms with E-state index >= 15 is 0 Å². The molecule has 1 fully saturated rings. The highest BCUT2D eigenvalue weighted by molar-refractivity contribution is 7.92. The van der Waals surface area contributed by atoms with E-state index in [1.165, 1.54) is 11.1 Å². The van der Waals surface area contributed by atoms with Crippen LogP contribution in [0, 0.1) is 16.0 Å². The summed E-state index contributed by atoms with van der Waals surface area (Å²) in [6.07, 6.45) is 2.51. The van der Waals surface area contributed by atoms with Crippen molar-refractivity contribution in [3.63, 3.8) is 0 Å². The van der Waals surface area contributed by atoms with Crippen LogP contribution in [0.25, 0.3) is 0 Å². The number of pyridine rings is 1. The average Bonchev–Trinajstić information content (AvgIpc) is 2.73. The number of hydrogen-bond acceptors (Lipinski definition) is 7. The summed E-state index contributed by atoms with van der Waals surface area (Å²) in [4.78, 5) is 27.3. The molecule has 1 aromatic carbocycles. The Hall–Kier alpha value is -3.22. The number of sulfone groups is 1. The largest absolute Gasteiger partial charge is 0.501 e. The lowest BCUT2D eigenvalue weighted by molar-refractivity contribution is -0.384. The predicted molar refractivity (Wildman–Crippen MR) is 104 cm³/mol. The Balaban J connectivity index is 1.86. The number of amides is 1. The number of nitro benzene ring substituents is 1. The zero-order chi connectivity index (χ0) is 22.8. The molecule has 9 nitrogen and oxygen atoms in total. The summed E-state index contributed by atoms with van der Waals surface area (Å²) < 4.78 is 61.6. The van der Waals surface area contributed by atoms with E-state index in [1.807, 2.05) is 0 Å². The molecule has 1 aliphatic rings. The number of halogens is 3. The van der Waals surface area contributed by atoms with Crippen LogP contribution in [0.3, 0.4) is 0 Å². The summed E-state index contributed by atoms with van der Waals surface area (Å²) in [5.74, 6) is -0.548. The zero-order valence-corrected chi connectivity index (χ0v) is 16.7. The third-order valence-corrected chi connectivity index (χ3v) is 6.29. The number of nitro groups is 1. The van der Waals surface area contributed by atoms with Crippen LogP contribution < -0.4 is 10.2 Å². The highest BCUT2D eigenvalue weighted by Crippen LogP contribution is 2.37. The molecule has 2 heterocycles. The number of anilines is 2. The maximum atomic E-state index is 12.8. The van der Waals surface area contributed by atoms with Gasteiger partial charge in [0.15, 0.2) is 0 Å². The van der Waals surface area contributed by atoms with Crippen LogP contribution >= 0.6 is 0 Å². The lowest BCUT2D eigenvalue weighted by Gasteiger charge is -2.33. The first kappa shape index (κ1) is 22.5. The van der Waals surface area contributed by atoms with Crippen LogP contribution in [0.15, 0.2) is 47.5 Å². The monoisotopic (exact) mass is 458 g/mol. The van der Waals surface area contributed by atoms with Crippen molar-refractivity contribution in [2.24, 2.45) is 5.92 Å². The minimum Gasteiger partial charge on any atom is -0.365 e. The highest BCUT2D eigenvalue weighted by Gasteiger charge is 2.47. The van der Waals surface area contributed by atoms with Crippen LogP contribution in [0.1, 0.15) is 12.8 Å². The molecule has 0 bridgehead atoms. The smallest absolute Gasteiger partial charge is 0.365 e. The first-order valence-corrected chi connectivity index (χ1v) is 10.6. The molecule has 0 unspecified atom stereocenters. The van der Waals surface area contributed by atoms with Gasteiger partial charge in [-0.3, -0.25) is 14.9 Å². The third-order valence-electron chi connectivity index (χ3n) is 4.81. The van der Waals surface area contributed by atoms with E-state index in [0.717, 1.165) is 6.07 Å². The molecule has 1 saturated heterocycles. The Kier molecular flexibility index (Phi) is 6.15. The Bertz CT molecular complexity index is 1090. The highest BCUT2D eigenvalue weighted by atomic mass is 32.2. The van der Waals surface area contributed by atoms with Crippen molar-refractivity contribution in [3.05, 3.63) is 52.7 Å². The normalized spacial score (nSPS) is 17.3. The average molecular weight is 458 g/mol. The van der Waals surface area contributed by atoms with Crippen LogP contribution in [0.5, 0.6) is 0 Å². The van der Waals surface area contributed by atoms with E-state index in [9.17, 15) is 36.5 Å². The molecule has 1 aliphatic heterocycles. The fourth-order valence-electron chi connectivity index (χ4n) is 3.29. The zero-order valence-electron chi connectivity index (χ0n) is 15.9. The number of nitrogens with one attached hydrogen (secondary N) is 1. The summed E-state index contributed by atoms with van der Waals surface area (Å²) in [7, 11) is -5.73. The fourth-order valence-corrected chi connectivity index (χ4v) is 4.07. The van der Waals surface area contributed by atoms with Crippen LogP contribution in [0.2, 0.25) is 0 Å². The molecule has 0 spiro atoms. The van der Waals surface area contributed by atoms with Gasteiger partial charge in [0.25, 0.3) is 15.5 Å². The standard InChI is InChI=1S/C18H17F3N4O5S/c19-18(20,21)31(29,30)13-6-7-14(15(10-13)25(27)28)24-9-3-4-12(11-24)17(26)23-16-5-1-2-8-22-16/h1-2,5-8,10,12H,3-4,9,11H2,(H,22,23,26)/t12-/m0/s1. The van der Waals surface area contributed by atoms with Crippen molar-refractivity contribution < 1.29 is 31.3 Å². The van der Waals surface area contributed by atoms with Crippen LogP contribution in [-0.2, 0) is 14.6 Å². The van der Waals surface area contributed by atoms with E-state index < -0.39 is 36.8 Å². The first-order valence-electron chi connectivity index (χ1n) is 9.07. The number of piperidine rings is 1. The van der Waals surface area contributed by atoms with Gasteiger partial charge in [0, 0.05) is 25.4 Å². The van der Waals surface area contributed by atoms with Gasteiger partial charge < -0.3 is 10.2 Å². The van der Waals surface area contributed by atoms with E-state index in [0.29, 0.717) is 37.3 Å². The third kappa shape index (κ3) is 4.76. The maximum absolute atomic E-state index is 12.8. The molecule has 2 aromatic rings. The molecular formula is C18H17F3N4O5S. The van der Waals surface area contributed by atoms with E-state index in [2.05, 4.69) is 10.3 Å². The van der Waals surface area contributed by atoms with Gasteiger partial charge >= 0.3 is 5.51 Å². The fraction of sp³-hybridized carbons (Fsp3) is 0.333. The number of benzene rings is 1. The SMILES string of the molecule is O=C(Nc1ccccn1)[C@H]1CCCN(c2ccc(S(=O)(=O)C(F)(F)F)cc2[N+](=O)[O-])C1. The van der Waals surface area contributed by atoms with Crippen molar-refractivity contribution in [2.75, 3.05) is 23.3 Å². The molecule has 1 amide bonds. The molecular weight excluding hydrogens is 441 g/mol. The van der Waals surface area contributed by atoms with Gasteiger partial charge in [0.1, 0.15) is 11.5 Å². The second kappa shape index (κ2) is 8.49. The summed E-state index contributed by atoms with van der Waals surface area (Å²) in [6, 6.07) is 7.02. The number of rotatable bonds is 5. The topological polar surface area (TPSA) is 123 Å². The number of alkyl halides is 3. The number of nitrogens with zero attached hydrogens (tertiary/aromatic N) is 3. The predicted octanol–water partition coefficient (Wildman–Crippen LogP) is 3.14. The summed E-state index contributed by atoms with van der Waals surface area (Å²) in [5, 5.41) is 14.1. The summed E-state index contributed by atoms with van der Waals surface area (Å²) in [5.41, 5.74) is -6.42. The summed E-state index contributed by atoms with van der Waals surface area (Å²) >= 11 is 0. The van der Waals surface area contributed by atoms with Crippen molar-refractivity contribution in [2.45, 2.75) is 23.2 Å². The Labute approximate surface area is 175 Å². The van der Waals surface area contributed by atoms with E-state index in [1.54, 1.807) is 18.2 Å². The molecule has 0 radical (unpaired) electrons. The molecule has 3 rings (SSSR count). The number of hydrogen-bond donors (Lipinski definition) is 1. The Morgan fingerprint density at radius 1 is 1.26 bits per heavy atom. The second-order valence-corrected chi connectivity index (χ2v) is 8.79. The Morgan fingerprint density at radius 2 is 2.00 bits per heavy atom. The van der Waals surface area contributed by atoms with E-state index in [-0.39, 0.29) is 18.1 Å². The van der Waals surface area contributed by atoms with Crippen molar-refractivity contribution >= 4 is 32.9 Å². The molecule has 31 heavy (non-hydrogen) atoms. The van der Waals surface area contributed by atoms with Gasteiger partial charge in [0.05, 0.1) is 15.7 Å². The van der Waals surface area contributed by atoms with Crippen molar-refractivity contribution in [3.8, 4) is 0 Å². The van der Waals surface area contributed by atoms with Gasteiger partial charge in [-0.1, -0.05) is 6.07 Å². The molecule has 1 N–H and O–H groups in total. The molecule has 166 valence electrons. The van der Waals surface area contributed by atoms with Crippen LogP contribution in [-0.4, -0.2) is 42.8 Å². The molecule has 1 atom stereocenters. The van der Waals surface area contributed by atoms with Gasteiger partial charge in [-0.15, -0.1) is 0 Å². The first-order chi connectivity index (χ1) is 14.5. The number of carbonyl (C=O) groups excluding carboxylic acids is 1. The maximum Gasteiger partial charge on any atom is 0.501 e. The van der Waals surface area contributed by atoms with Crippen LogP contribution in [0.4, 0.5) is 30.4 Å². The van der Waals surface area contributed by atoms with Gasteiger partial charge in [-0.05, 0) is 37.1 Å². The Morgan fingerprint density at radius 3 is 2.61 bits per heavy atom. The van der Waals surface area contributed by atoms with Gasteiger partial charge in [0.2, 0.25) is 5.91 Å². The lowest BCUT2D eigenvalue weighted by Crippen LogP contribution is -2.41. The van der Waals surface area contributed by atoms with Gasteiger partial charge in [-0.2, -0.15) is 13.2 Å². The quantitative estimate of drug-likeness (QED) is 0.539. The molecule has 0 saturated carbocycles. The lowest BCUT2D eigenvalue weighted by atomic mass is 9.96. The van der Waals surface area contributed by atoms with Crippen molar-refractivity contribution in [1.29, 1.82) is 0 Å². The minimum absolute atomic E-state index is 0.0542. The molecule has 0 aliphatic carbocycles. The summed E-state index contributed by atoms with van der Waals surface area (Å²) in [6.45, 7) is 0.393.